The summed E-state index contributed by atoms with van der Waals surface area (Å²) in [5.74, 6) is 1.76. The van der Waals surface area contributed by atoms with E-state index < -0.39 is 5.41 Å². The molecule has 6 nitrogen and oxygen atoms in total. The van der Waals surface area contributed by atoms with Gasteiger partial charge in [-0.3, -0.25) is 4.57 Å². The number of aromatic nitrogens is 6. The normalized spacial score (nSPS) is 14.4. The van der Waals surface area contributed by atoms with Gasteiger partial charge in [0.15, 0.2) is 11.6 Å². The molecular weight excluding hydrogens is 925 g/mol. The van der Waals surface area contributed by atoms with Crippen molar-refractivity contribution in [1.29, 1.82) is 0 Å². The molecule has 0 fully saturated rings. The van der Waals surface area contributed by atoms with Crippen LogP contribution in [0.2, 0.25) is 0 Å². The van der Waals surface area contributed by atoms with Gasteiger partial charge in [-0.05, 0) is 99.1 Å². The topological polar surface area (TPSA) is 53.5 Å². The second-order valence-electron chi connectivity index (χ2n) is 20.2. The molecule has 0 saturated heterocycles. The lowest BCUT2D eigenvalue weighted by molar-refractivity contribution is 0.792. The van der Waals surface area contributed by atoms with Gasteiger partial charge < -0.3 is 9.13 Å². The fourth-order valence-corrected chi connectivity index (χ4v) is 13.5. The SMILES string of the molecule is c1ccc(-c2nc(-c3ccc4c(c3)C3(c5ccccc5-4)c4ccccc4-c4ccc(-n5c6ccccc6c6ccccc65)cc43)nc(-n3c4ccccc4c4ccc5c6ccccc6n(-c6ccccc6)c5c43)n2)cc1. The molecule has 0 radical (unpaired) electrons. The maximum Gasteiger partial charge on any atom is 0.238 e. The summed E-state index contributed by atoms with van der Waals surface area (Å²) in [4.78, 5) is 16.6. The summed E-state index contributed by atoms with van der Waals surface area (Å²) in [7, 11) is 0. The first-order chi connectivity index (χ1) is 37.7. The molecule has 11 aromatic carbocycles. The van der Waals surface area contributed by atoms with Crippen LogP contribution in [0.1, 0.15) is 22.3 Å². The Balaban J connectivity index is 0.944. The molecule has 1 unspecified atom stereocenters. The van der Waals surface area contributed by atoms with Crippen LogP contribution in [-0.2, 0) is 5.41 Å². The Bertz CT molecular complexity index is 4880. The summed E-state index contributed by atoms with van der Waals surface area (Å²) in [6, 6.07) is 92.6. The van der Waals surface area contributed by atoms with Crippen molar-refractivity contribution in [3.63, 3.8) is 0 Å². The number of benzene rings is 11. The van der Waals surface area contributed by atoms with Crippen LogP contribution in [0.5, 0.6) is 0 Å². The lowest BCUT2D eigenvalue weighted by atomic mass is 9.70. The van der Waals surface area contributed by atoms with Gasteiger partial charge in [0.05, 0.1) is 38.5 Å². The van der Waals surface area contributed by atoms with E-state index in [2.05, 4.69) is 262 Å². The summed E-state index contributed by atoms with van der Waals surface area (Å²) in [5, 5.41) is 7.09. The monoisotopic (exact) mass is 966 g/mol. The first-order valence-corrected chi connectivity index (χ1v) is 26.0. The summed E-state index contributed by atoms with van der Waals surface area (Å²) in [5.41, 5.74) is 20.1. The molecule has 15 aromatic rings. The van der Waals surface area contributed by atoms with E-state index in [0.29, 0.717) is 17.6 Å². The third kappa shape index (κ3) is 5.46. The minimum Gasteiger partial charge on any atom is -0.309 e. The van der Waals surface area contributed by atoms with Crippen molar-refractivity contribution < 1.29 is 0 Å². The lowest BCUT2D eigenvalue weighted by Crippen LogP contribution is -2.26. The van der Waals surface area contributed by atoms with Gasteiger partial charge in [0.1, 0.15) is 0 Å². The van der Waals surface area contributed by atoms with Crippen molar-refractivity contribution in [2.45, 2.75) is 5.41 Å². The number of hydrogen-bond acceptors (Lipinski definition) is 3. The van der Waals surface area contributed by atoms with Gasteiger partial charge in [0.2, 0.25) is 5.95 Å². The fraction of sp³-hybridized carbons (Fsp3) is 0.0143. The molecule has 4 heterocycles. The molecule has 1 spiro atoms. The molecule has 0 amide bonds. The van der Waals surface area contributed by atoms with E-state index >= 15 is 0 Å². The zero-order valence-corrected chi connectivity index (χ0v) is 40.9. The van der Waals surface area contributed by atoms with E-state index in [0.717, 1.165) is 60.7 Å². The Hall–Kier alpha value is -10.2. The van der Waals surface area contributed by atoms with Crippen molar-refractivity contribution in [1.82, 2.24) is 28.7 Å². The van der Waals surface area contributed by atoms with Crippen LogP contribution >= 0.6 is 0 Å². The van der Waals surface area contributed by atoms with Crippen molar-refractivity contribution in [2.24, 2.45) is 0 Å². The lowest BCUT2D eigenvalue weighted by Gasteiger charge is -2.31. The van der Waals surface area contributed by atoms with Crippen molar-refractivity contribution in [2.75, 3.05) is 0 Å². The predicted molar refractivity (Wildman–Crippen MR) is 310 cm³/mol. The molecule has 1 atom stereocenters. The highest BCUT2D eigenvalue weighted by Crippen LogP contribution is 2.63. The van der Waals surface area contributed by atoms with E-state index in [-0.39, 0.29) is 0 Å². The maximum atomic E-state index is 5.65. The van der Waals surface area contributed by atoms with Crippen LogP contribution in [0.3, 0.4) is 0 Å². The Morgan fingerprint density at radius 3 is 1.30 bits per heavy atom. The predicted octanol–water partition coefficient (Wildman–Crippen LogP) is 16.8. The van der Waals surface area contributed by atoms with Crippen LogP contribution in [0.4, 0.5) is 0 Å². The smallest absolute Gasteiger partial charge is 0.238 e. The van der Waals surface area contributed by atoms with E-state index in [1.165, 1.54) is 71.7 Å². The van der Waals surface area contributed by atoms with E-state index in [1.54, 1.807) is 0 Å². The quantitative estimate of drug-likeness (QED) is 0.173. The molecule has 2 aliphatic carbocycles. The highest BCUT2D eigenvalue weighted by molar-refractivity contribution is 6.23. The molecular formula is C70H42N6. The summed E-state index contributed by atoms with van der Waals surface area (Å²) in [6.07, 6.45) is 0. The standard InChI is InChI=1S/C70H42N6/c1-3-19-43(20-4-1)67-71-68(73-69(72-67)76-64-34-18-12-28-54(64)56-40-39-55-53-27-11-17-33-63(53)75(65(55)66(56)76)45-21-5-2-6-22-45)44-35-37-49-47-23-7-13-29-57(47)70(59(49)41-44)58-30-14-8-24-48(58)50-38-36-46(42-60(50)70)74-61-31-15-9-25-51(61)52-26-10-16-32-62(52)74/h1-42H. The minimum absolute atomic E-state index is 0.554. The zero-order valence-electron chi connectivity index (χ0n) is 40.9. The number of hydrogen-bond donors (Lipinski definition) is 0. The van der Waals surface area contributed by atoms with Gasteiger partial charge in [0.25, 0.3) is 0 Å². The molecule has 76 heavy (non-hydrogen) atoms. The summed E-state index contributed by atoms with van der Waals surface area (Å²) >= 11 is 0. The van der Waals surface area contributed by atoms with Crippen LogP contribution in [0.15, 0.2) is 255 Å². The highest BCUT2D eigenvalue weighted by Gasteiger charge is 2.52. The average molecular weight is 967 g/mol. The molecule has 4 aromatic heterocycles. The second-order valence-corrected chi connectivity index (χ2v) is 20.2. The van der Waals surface area contributed by atoms with Crippen molar-refractivity contribution in [3.05, 3.63) is 277 Å². The number of rotatable bonds is 5. The Kier molecular flexibility index (Phi) is 8.39. The van der Waals surface area contributed by atoms with Crippen molar-refractivity contribution >= 4 is 65.4 Å². The molecule has 2 aliphatic rings. The van der Waals surface area contributed by atoms with Crippen LogP contribution in [0, 0.1) is 0 Å². The van der Waals surface area contributed by atoms with Gasteiger partial charge >= 0.3 is 0 Å². The molecule has 352 valence electrons. The molecule has 0 aliphatic heterocycles. The summed E-state index contributed by atoms with van der Waals surface area (Å²) in [6.45, 7) is 0. The van der Waals surface area contributed by atoms with E-state index in [9.17, 15) is 0 Å². The molecule has 6 heteroatoms. The highest BCUT2D eigenvalue weighted by atomic mass is 15.2. The maximum absolute atomic E-state index is 5.65. The van der Waals surface area contributed by atoms with Gasteiger partial charge in [-0.25, -0.2) is 4.98 Å². The summed E-state index contributed by atoms with van der Waals surface area (Å²) < 4.78 is 7.14. The third-order valence-electron chi connectivity index (χ3n) is 16.5. The van der Waals surface area contributed by atoms with E-state index in [4.69, 9.17) is 15.0 Å². The first kappa shape index (κ1) is 41.3. The molecule has 17 rings (SSSR count). The fourth-order valence-electron chi connectivity index (χ4n) is 13.5. The van der Waals surface area contributed by atoms with E-state index in [1.807, 2.05) is 6.07 Å². The number of fused-ring (bicyclic) bond motifs is 20. The Morgan fingerprint density at radius 1 is 0.263 bits per heavy atom. The minimum atomic E-state index is -0.635. The molecule has 0 saturated carbocycles. The van der Waals surface area contributed by atoms with Gasteiger partial charge in [0, 0.05) is 54.8 Å². The van der Waals surface area contributed by atoms with Crippen LogP contribution in [0.25, 0.3) is 128 Å². The largest absolute Gasteiger partial charge is 0.309 e. The van der Waals surface area contributed by atoms with Gasteiger partial charge in [-0.15, -0.1) is 0 Å². The molecule has 0 bridgehead atoms. The number of para-hydroxylation sites is 5. The zero-order chi connectivity index (χ0) is 49.6. The Morgan fingerprint density at radius 2 is 0.697 bits per heavy atom. The van der Waals surface area contributed by atoms with Crippen molar-refractivity contribution in [3.8, 4) is 62.4 Å². The van der Waals surface area contributed by atoms with Crippen LogP contribution < -0.4 is 0 Å². The number of nitrogens with zero attached hydrogens (tertiary/aromatic N) is 6. The average Bonchev–Trinajstić information content (AvgIpc) is 4.43. The first-order valence-electron chi connectivity index (χ1n) is 26.0. The van der Waals surface area contributed by atoms with Crippen LogP contribution in [-0.4, -0.2) is 28.7 Å². The Labute approximate surface area is 436 Å². The van der Waals surface area contributed by atoms with Gasteiger partial charge in [-0.1, -0.05) is 200 Å². The second kappa shape index (κ2) is 15.4. The third-order valence-corrected chi connectivity index (χ3v) is 16.5. The molecule has 0 N–H and O–H groups in total. The van der Waals surface area contributed by atoms with Gasteiger partial charge in [-0.2, -0.15) is 9.97 Å².